The number of ether oxygens (including phenoxy) is 1. The van der Waals surface area contributed by atoms with E-state index in [2.05, 4.69) is 26.8 Å². The van der Waals surface area contributed by atoms with Gasteiger partial charge in [-0.05, 0) is 98.2 Å². The highest BCUT2D eigenvalue weighted by atomic mass is 16.6. The molecule has 3 nitrogen and oxygen atoms in total. The average Bonchev–Trinajstić information content (AvgIpc) is 3.14. The van der Waals surface area contributed by atoms with Crippen LogP contribution in [0.25, 0.3) is 0 Å². The molecule has 0 amide bonds. The zero-order chi connectivity index (χ0) is 20.4. The Morgan fingerprint density at radius 3 is 2.72 bits per heavy atom. The lowest BCUT2D eigenvalue weighted by Gasteiger charge is -2.58. The van der Waals surface area contributed by atoms with Crippen molar-refractivity contribution in [2.75, 3.05) is 6.61 Å². The topological polar surface area (TPSA) is 49.7 Å². The van der Waals surface area contributed by atoms with Crippen molar-refractivity contribution >= 4 is 0 Å². The SMILES string of the molecule is CC1CCC2(C)C(=CCC3C4CC5OC(O)(CCCCO)CC5C4(C)CC[C@@H]32)C1. The van der Waals surface area contributed by atoms with Gasteiger partial charge in [0.25, 0.3) is 0 Å². The predicted octanol–water partition coefficient (Wildman–Crippen LogP) is 5.45. The number of hydrogen-bond acceptors (Lipinski definition) is 3. The van der Waals surface area contributed by atoms with Gasteiger partial charge in [-0.2, -0.15) is 0 Å². The van der Waals surface area contributed by atoms with Crippen LogP contribution in [0.2, 0.25) is 0 Å². The van der Waals surface area contributed by atoms with Crippen molar-refractivity contribution in [2.24, 2.45) is 40.4 Å². The summed E-state index contributed by atoms with van der Waals surface area (Å²) in [7, 11) is 0. The molecule has 1 aliphatic heterocycles. The van der Waals surface area contributed by atoms with E-state index in [4.69, 9.17) is 9.84 Å². The molecule has 9 atom stereocenters. The number of unbranched alkanes of at least 4 members (excludes halogenated alkanes) is 1. The lowest BCUT2D eigenvalue weighted by atomic mass is 9.47. The molecular formula is C26H42O3. The molecule has 4 aliphatic carbocycles. The second-order valence-corrected chi connectivity index (χ2v) is 12.0. The Morgan fingerprint density at radius 1 is 1.10 bits per heavy atom. The molecule has 5 aliphatic rings. The van der Waals surface area contributed by atoms with Crippen LogP contribution in [0.5, 0.6) is 0 Å². The van der Waals surface area contributed by atoms with E-state index in [1.165, 1.54) is 38.5 Å². The molecule has 0 radical (unpaired) electrons. The summed E-state index contributed by atoms with van der Waals surface area (Å²) >= 11 is 0. The molecule has 0 aromatic heterocycles. The van der Waals surface area contributed by atoms with Gasteiger partial charge in [0.15, 0.2) is 5.79 Å². The van der Waals surface area contributed by atoms with Crippen LogP contribution in [0.15, 0.2) is 11.6 Å². The molecule has 8 unspecified atom stereocenters. The van der Waals surface area contributed by atoms with Crippen molar-refractivity contribution in [3.8, 4) is 0 Å². The van der Waals surface area contributed by atoms with Gasteiger partial charge in [0.1, 0.15) is 0 Å². The molecule has 2 N–H and O–H groups in total. The molecular weight excluding hydrogens is 360 g/mol. The smallest absolute Gasteiger partial charge is 0.166 e. The Bertz CT molecular complexity index is 673. The Hall–Kier alpha value is -0.380. The van der Waals surface area contributed by atoms with E-state index in [1.807, 2.05) is 0 Å². The Labute approximate surface area is 177 Å². The maximum Gasteiger partial charge on any atom is 0.166 e. The van der Waals surface area contributed by atoms with Crippen LogP contribution < -0.4 is 0 Å². The second kappa shape index (κ2) is 7.07. The van der Waals surface area contributed by atoms with Gasteiger partial charge in [0.05, 0.1) is 6.10 Å². The minimum Gasteiger partial charge on any atom is -0.396 e. The molecule has 4 fully saturated rings. The van der Waals surface area contributed by atoms with Crippen molar-refractivity contribution in [2.45, 2.75) is 103 Å². The van der Waals surface area contributed by atoms with Gasteiger partial charge in [0, 0.05) is 19.4 Å². The zero-order valence-corrected chi connectivity index (χ0v) is 18.8. The van der Waals surface area contributed by atoms with Crippen LogP contribution in [-0.2, 0) is 4.74 Å². The number of hydrogen-bond donors (Lipinski definition) is 2. The molecule has 164 valence electrons. The molecule has 5 rings (SSSR count). The first kappa shape index (κ1) is 20.5. The van der Waals surface area contributed by atoms with Crippen LogP contribution in [0, 0.1) is 40.4 Å². The first-order valence-corrected chi connectivity index (χ1v) is 12.5. The van der Waals surface area contributed by atoms with Crippen molar-refractivity contribution < 1.29 is 14.9 Å². The molecule has 1 saturated heterocycles. The third-order valence-electron chi connectivity index (χ3n) is 10.5. The summed E-state index contributed by atoms with van der Waals surface area (Å²) in [5, 5.41) is 20.1. The molecule has 29 heavy (non-hydrogen) atoms. The predicted molar refractivity (Wildman–Crippen MR) is 115 cm³/mol. The summed E-state index contributed by atoms with van der Waals surface area (Å²) < 4.78 is 6.36. The number of fused-ring (bicyclic) bond motifs is 7. The highest BCUT2D eigenvalue weighted by Crippen LogP contribution is 2.69. The van der Waals surface area contributed by atoms with E-state index in [9.17, 15) is 5.11 Å². The third-order valence-corrected chi connectivity index (χ3v) is 10.5. The van der Waals surface area contributed by atoms with Gasteiger partial charge in [-0.3, -0.25) is 0 Å². The van der Waals surface area contributed by atoms with E-state index >= 15 is 0 Å². The van der Waals surface area contributed by atoms with E-state index in [0.29, 0.717) is 23.2 Å². The van der Waals surface area contributed by atoms with Gasteiger partial charge in [-0.25, -0.2) is 0 Å². The lowest BCUT2D eigenvalue weighted by Crippen LogP contribution is -2.50. The van der Waals surface area contributed by atoms with E-state index < -0.39 is 5.79 Å². The fraction of sp³-hybridized carbons (Fsp3) is 0.923. The Kier molecular flexibility index (Phi) is 5.00. The largest absolute Gasteiger partial charge is 0.396 e. The maximum absolute atomic E-state index is 11.1. The summed E-state index contributed by atoms with van der Waals surface area (Å²) in [6.45, 7) is 7.77. The highest BCUT2D eigenvalue weighted by molar-refractivity contribution is 5.25. The Morgan fingerprint density at radius 2 is 1.93 bits per heavy atom. The van der Waals surface area contributed by atoms with Gasteiger partial charge in [0.2, 0.25) is 0 Å². The van der Waals surface area contributed by atoms with Crippen molar-refractivity contribution in [3.05, 3.63) is 11.6 Å². The first-order chi connectivity index (χ1) is 13.8. The second-order valence-electron chi connectivity index (χ2n) is 12.0. The lowest BCUT2D eigenvalue weighted by molar-refractivity contribution is -0.200. The zero-order valence-electron chi connectivity index (χ0n) is 18.8. The minimum atomic E-state index is -0.944. The molecule has 0 bridgehead atoms. The summed E-state index contributed by atoms with van der Waals surface area (Å²) in [6.07, 6.45) is 15.2. The monoisotopic (exact) mass is 402 g/mol. The van der Waals surface area contributed by atoms with Crippen molar-refractivity contribution in [1.29, 1.82) is 0 Å². The van der Waals surface area contributed by atoms with E-state index in [0.717, 1.165) is 49.4 Å². The van der Waals surface area contributed by atoms with E-state index in [-0.39, 0.29) is 12.7 Å². The van der Waals surface area contributed by atoms with Gasteiger partial charge in [-0.1, -0.05) is 32.4 Å². The van der Waals surface area contributed by atoms with Crippen LogP contribution in [0.3, 0.4) is 0 Å². The molecule has 1 heterocycles. The van der Waals surface area contributed by atoms with Crippen LogP contribution in [0.4, 0.5) is 0 Å². The van der Waals surface area contributed by atoms with Crippen LogP contribution in [-0.4, -0.2) is 28.7 Å². The Balaban J connectivity index is 1.35. The number of rotatable bonds is 4. The van der Waals surface area contributed by atoms with Gasteiger partial charge >= 0.3 is 0 Å². The standard InChI is InChI=1S/C26H42O3/c1-17-8-11-24(2)18(14-17)6-7-19-20(24)9-12-25(3)21(19)15-23-22(25)16-26(28,29-23)10-4-5-13-27/h6,17,19-23,27-28H,4-5,7-16H2,1-3H3/t17?,19?,20-,21?,22?,23?,24?,25?,26?/m0/s1. The summed E-state index contributed by atoms with van der Waals surface area (Å²) in [4.78, 5) is 0. The highest BCUT2D eigenvalue weighted by Gasteiger charge is 2.65. The normalized spacial score (nSPS) is 53.6. The molecule has 0 aromatic rings. The fourth-order valence-corrected chi connectivity index (χ4v) is 8.78. The molecule has 3 heteroatoms. The molecule has 3 saturated carbocycles. The number of allylic oxidation sites excluding steroid dienone is 2. The van der Waals surface area contributed by atoms with Gasteiger partial charge in [-0.15, -0.1) is 0 Å². The average molecular weight is 403 g/mol. The summed E-state index contributed by atoms with van der Waals surface area (Å²) in [6, 6.07) is 0. The molecule has 0 spiro atoms. The van der Waals surface area contributed by atoms with Crippen LogP contribution >= 0.6 is 0 Å². The van der Waals surface area contributed by atoms with Gasteiger partial charge < -0.3 is 14.9 Å². The first-order valence-electron chi connectivity index (χ1n) is 12.5. The van der Waals surface area contributed by atoms with Crippen molar-refractivity contribution in [3.63, 3.8) is 0 Å². The third kappa shape index (κ3) is 3.09. The number of aliphatic hydroxyl groups is 2. The van der Waals surface area contributed by atoms with Crippen LogP contribution in [0.1, 0.15) is 91.4 Å². The van der Waals surface area contributed by atoms with E-state index in [1.54, 1.807) is 5.57 Å². The molecule has 0 aromatic carbocycles. The summed E-state index contributed by atoms with van der Waals surface area (Å²) in [5.41, 5.74) is 2.56. The fourth-order valence-electron chi connectivity index (χ4n) is 8.78. The van der Waals surface area contributed by atoms with Crippen molar-refractivity contribution in [1.82, 2.24) is 0 Å². The summed E-state index contributed by atoms with van der Waals surface area (Å²) in [5.74, 6) is 2.86. The quantitative estimate of drug-likeness (QED) is 0.485. The number of aliphatic hydroxyl groups excluding tert-OH is 1. The minimum absolute atomic E-state index is 0.207. The maximum atomic E-state index is 11.1.